The molecule has 4 amide bonds. The lowest BCUT2D eigenvalue weighted by atomic mass is 10.1. The molecular formula is C22H17N3O4. The number of rotatable bonds is 2. The lowest BCUT2D eigenvalue weighted by Crippen LogP contribution is -2.54. The molecule has 7 heteroatoms. The van der Waals surface area contributed by atoms with E-state index in [0.717, 1.165) is 15.8 Å². The summed E-state index contributed by atoms with van der Waals surface area (Å²) in [7, 11) is 0. The molecule has 2 heterocycles. The van der Waals surface area contributed by atoms with Gasteiger partial charge in [-0.3, -0.25) is 24.3 Å². The number of benzene rings is 2. The van der Waals surface area contributed by atoms with E-state index in [1.165, 1.54) is 17.6 Å². The zero-order chi connectivity index (χ0) is 20.7. The SMILES string of the molecule is CC(=O)n1cc(/C=C2/C(=O)NC(=O)N(c3ccccc3C)C2=O)c2ccccc21. The van der Waals surface area contributed by atoms with Gasteiger partial charge in [0.15, 0.2) is 0 Å². The number of hydrogen-bond acceptors (Lipinski definition) is 4. The molecule has 1 aliphatic rings. The average Bonchev–Trinajstić information content (AvgIpc) is 3.05. The summed E-state index contributed by atoms with van der Waals surface area (Å²) < 4.78 is 1.46. The van der Waals surface area contributed by atoms with Crippen LogP contribution < -0.4 is 10.2 Å². The summed E-state index contributed by atoms with van der Waals surface area (Å²) in [6, 6.07) is 13.3. The van der Waals surface area contributed by atoms with E-state index in [-0.39, 0.29) is 11.5 Å². The minimum Gasteiger partial charge on any atom is -0.287 e. The molecule has 0 aliphatic carbocycles. The van der Waals surface area contributed by atoms with Gasteiger partial charge >= 0.3 is 6.03 Å². The van der Waals surface area contributed by atoms with Gasteiger partial charge in [0.1, 0.15) is 5.57 Å². The fourth-order valence-electron chi connectivity index (χ4n) is 3.43. The Kier molecular flexibility index (Phi) is 4.35. The molecule has 1 aliphatic heterocycles. The lowest BCUT2D eigenvalue weighted by Gasteiger charge is -2.27. The van der Waals surface area contributed by atoms with Crippen LogP contribution in [0.2, 0.25) is 0 Å². The number of amides is 4. The van der Waals surface area contributed by atoms with Crippen LogP contribution in [-0.2, 0) is 9.59 Å². The van der Waals surface area contributed by atoms with Gasteiger partial charge in [-0.2, -0.15) is 0 Å². The molecule has 0 unspecified atom stereocenters. The third-order valence-electron chi connectivity index (χ3n) is 4.84. The normalized spacial score (nSPS) is 15.9. The number of barbiturate groups is 1. The first-order chi connectivity index (χ1) is 13.9. The van der Waals surface area contributed by atoms with Gasteiger partial charge in [-0.25, -0.2) is 9.69 Å². The molecule has 1 saturated heterocycles. The number of aryl methyl sites for hydroxylation is 1. The fraction of sp³-hybridized carbons (Fsp3) is 0.0909. The second-order valence-corrected chi connectivity index (χ2v) is 6.73. The molecule has 0 radical (unpaired) electrons. The van der Waals surface area contributed by atoms with Crippen LogP contribution in [0.15, 0.2) is 60.3 Å². The maximum atomic E-state index is 13.1. The number of anilines is 1. The summed E-state index contributed by atoms with van der Waals surface area (Å²) in [4.78, 5) is 50.8. The number of carbonyl (C=O) groups excluding carboxylic acids is 4. The van der Waals surface area contributed by atoms with Gasteiger partial charge in [0.05, 0.1) is 11.2 Å². The molecule has 3 aromatic rings. The van der Waals surface area contributed by atoms with Gasteiger partial charge in [-0.15, -0.1) is 0 Å². The Morgan fingerprint density at radius 1 is 1.00 bits per heavy atom. The van der Waals surface area contributed by atoms with Crippen molar-refractivity contribution in [2.24, 2.45) is 0 Å². The van der Waals surface area contributed by atoms with E-state index in [0.29, 0.717) is 16.8 Å². The number of hydrogen-bond donors (Lipinski definition) is 1. The third-order valence-corrected chi connectivity index (χ3v) is 4.84. The van der Waals surface area contributed by atoms with Gasteiger partial charge in [-0.1, -0.05) is 36.4 Å². The molecule has 0 spiro atoms. The largest absolute Gasteiger partial charge is 0.335 e. The molecule has 0 saturated carbocycles. The van der Waals surface area contributed by atoms with Crippen LogP contribution >= 0.6 is 0 Å². The van der Waals surface area contributed by atoms with Gasteiger partial charge in [0.2, 0.25) is 5.91 Å². The zero-order valence-corrected chi connectivity index (χ0v) is 15.8. The molecule has 144 valence electrons. The van der Waals surface area contributed by atoms with Gasteiger partial charge in [-0.05, 0) is 30.7 Å². The van der Waals surface area contributed by atoms with E-state index >= 15 is 0 Å². The van der Waals surface area contributed by atoms with Crippen LogP contribution in [-0.4, -0.2) is 28.3 Å². The summed E-state index contributed by atoms with van der Waals surface area (Å²) in [5.74, 6) is -1.68. The Labute approximate surface area is 166 Å². The highest BCUT2D eigenvalue weighted by Crippen LogP contribution is 2.27. The number of fused-ring (bicyclic) bond motifs is 1. The Hall–Kier alpha value is -4.00. The molecule has 1 aromatic heterocycles. The molecule has 4 rings (SSSR count). The Balaban J connectivity index is 1.85. The number of nitrogens with one attached hydrogen (secondary N) is 1. The monoisotopic (exact) mass is 387 g/mol. The Bertz CT molecular complexity index is 1240. The number of imide groups is 2. The van der Waals surface area contributed by atoms with Crippen LogP contribution in [0.1, 0.15) is 22.8 Å². The van der Waals surface area contributed by atoms with Crippen molar-refractivity contribution in [1.82, 2.24) is 9.88 Å². The van der Waals surface area contributed by atoms with E-state index in [9.17, 15) is 19.2 Å². The second kappa shape index (κ2) is 6.87. The van der Waals surface area contributed by atoms with Crippen molar-refractivity contribution in [3.8, 4) is 0 Å². The summed E-state index contributed by atoms with van der Waals surface area (Å²) in [6.07, 6.45) is 2.99. The fourth-order valence-corrected chi connectivity index (χ4v) is 3.43. The van der Waals surface area contributed by atoms with Crippen molar-refractivity contribution in [2.45, 2.75) is 13.8 Å². The molecule has 0 bridgehead atoms. The van der Waals surface area contributed by atoms with Crippen LogP contribution in [0.3, 0.4) is 0 Å². The highest BCUT2D eigenvalue weighted by atomic mass is 16.2. The first-order valence-corrected chi connectivity index (χ1v) is 8.96. The minimum atomic E-state index is -0.794. The van der Waals surface area contributed by atoms with Crippen molar-refractivity contribution in [3.05, 3.63) is 71.4 Å². The Morgan fingerprint density at radius 3 is 2.41 bits per heavy atom. The Morgan fingerprint density at radius 2 is 1.69 bits per heavy atom. The average molecular weight is 387 g/mol. The van der Waals surface area contributed by atoms with Crippen molar-refractivity contribution in [3.63, 3.8) is 0 Å². The van der Waals surface area contributed by atoms with E-state index in [1.54, 1.807) is 61.7 Å². The van der Waals surface area contributed by atoms with Crippen LogP contribution in [0.25, 0.3) is 17.0 Å². The van der Waals surface area contributed by atoms with Crippen molar-refractivity contribution >= 4 is 46.4 Å². The number of nitrogens with zero attached hydrogens (tertiary/aromatic N) is 2. The van der Waals surface area contributed by atoms with Crippen molar-refractivity contribution < 1.29 is 19.2 Å². The number of para-hydroxylation sites is 2. The van der Waals surface area contributed by atoms with Gasteiger partial charge < -0.3 is 0 Å². The van der Waals surface area contributed by atoms with Crippen LogP contribution in [0.5, 0.6) is 0 Å². The highest BCUT2D eigenvalue weighted by Gasteiger charge is 2.37. The maximum absolute atomic E-state index is 13.1. The summed E-state index contributed by atoms with van der Waals surface area (Å²) >= 11 is 0. The third kappa shape index (κ3) is 3.02. The number of aromatic nitrogens is 1. The summed E-state index contributed by atoms with van der Waals surface area (Å²) in [5.41, 5.74) is 2.15. The van der Waals surface area contributed by atoms with Crippen LogP contribution in [0, 0.1) is 6.92 Å². The number of urea groups is 1. The highest BCUT2D eigenvalue weighted by molar-refractivity contribution is 6.39. The topological polar surface area (TPSA) is 88.5 Å². The second-order valence-electron chi connectivity index (χ2n) is 6.73. The van der Waals surface area contributed by atoms with E-state index < -0.39 is 17.8 Å². The summed E-state index contributed by atoms with van der Waals surface area (Å²) in [5, 5.41) is 2.94. The molecular weight excluding hydrogens is 370 g/mol. The molecule has 7 nitrogen and oxygen atoms in total. The first-order valence-electron chi connectivity index (χ1n) is 8.96. The predicted octanol–water partition coefficient (Wildman–Crippen LogP) is 3.28. The van der Waals surface area contributed by atoms with Crippen molar-refractivity contribution in [1.29, 1.82) is 0 Å². The van der Waals surface area contributed by atoms with E-state index in [2.05, 4.69) is 5.32 Å². The quantitative estimate of drug-likeness (QED) is 0.540. The van der Waals surface area contributed by atoms with E-state index in [1.807, 2.05) is 0 Å². The molecule has 2 aromatic carbocycles. The predicted molar refractivity (Wildman–Crippen MR) is 108 cm³/mol. The lowest BCUT2D eigenvalue weighted by molar-refractivity contribution is -0.122. The van der Waals surface area contributed by atoms with Crippen LogP contribution in [0.4, 0.5) is 10.5 Å². The zero-order valence-electron chi connectivity index (χ0n) is 15.8. The molecule has 1 N–H and O–H groups in total. The summed E-state index contributed by atoms with van der Waals surface area (Å²) in [6.45, 7) is 3.20. The van der Waals surface area contributed by atoms with Gasteiger partial charge in [0, 0.05) is 24.1 Å². The molecule has 1 fully saturated rings. The maximum Gasteiger partial charge on any atom is 0.335 e. The minimum absolute atomic E-state index is 0.181. The number of carbonyl (C=O) groups is 4. The molecule has 0 atom stereocenters. The molecule has 29 heavy (non-hydrogen) atoms. The smallest absolute Gasteiger partial charge is 0.287 e. The van der Waals surface area contributed by atoms with Gasteiger partial charge in [0.25, 0.3) is 11.8 Å². The van der Waals surface area contributed by atoms with E-state index in [4.69, 9.17) is 0 Å². The standard InChI is InChI=1S/C22H17N3O4/c1-13-7-3-5-9-18(13)25-21(28)17(20(27)23-22(25)29)11-15-12-24(14(2)26)19-10-6-4-8-16(15)19/h3-12H,1-2H3,(H,23,27,29)/b17-11-. The van der Waals surface area contributed by atoms with Crippen molar-refractivity contribution in [2.75, 3.05) is 4.90 Å². The first kappa shape index (κ1) is 18.4.